The van der Waals surface area contributed by atoms with Crippen LogP contribution >= 0.6 is 11.6 Å². The zero-order valence-corrected chi connectivity index (χ0v) is 25.5. The van der Waals surface area contributed by atoms with Crippen LogP contribution < -0.4 is 10.4 Å². The third-order valence-electron chi connectivity index (χ3n) is 7.90. The second-order valence-corrected chi connectivity index (χ2v) is 11.2. The maximum Gasteiger partial charge on any atom is 0.307 e. The molecule has 0 radical (unpaired) electrons. The highest BCUT2D eigenvalue weighted by Gasteiger charge is 2.41. The summed E-state index contributed by atoms with van der Waals surface area (Å²) in [5, 5.41) is 20.3. The number of ether oxygens (including phenoxy) is 2. The molecule has 0 spiro atoms. The van der Waals surface area contributed by atoms with E-state index in [0.717, 1.165) is 27.3 Å². The molecule has 1 aromatic heterocycles. The minimum Gasteiger partial charge on any atom is -0.469 e. The Labute approximate surface area is 260 Å². The van der Waals surface area contributed by atoms with Crippen LogP contribution in [0, 0.1) is 0 Å². The van der Waals surface area contributed by atoms with E-state index in [1.807, 2.05) is 36.4 Å². The third kappa shape index (κ3) is 6.02. The lowest BCUT2D eigenvalue weighted by atomic mass is 9.98. The Morgan fingerprint density at radius 3 is 2.20 bits per heavy atom. The van der Waals surface area contributed by atoms with Crippen LogP contribution in [0.2, 0.25) is 5.02 Å². The van der Waals surface area contributed by atoms with E-state index >= 15 is 0 Å². The number of nitrogens with one attached hydrogen (secondary N) is 1. The fraction of sp³-hybridized carbons (Fsp3) is 0.273. The van der Waals surface area contributed by atoms with E-state index in [1.165, 1.54) is 31.8 Å². The summed E-state index contributed by atoms with van der Waals surface area (Å²) < 4.78 is 12.6. The van der Waals surface area contributed by atoms with Gasteiger partial charge in [-0.1, -0.05) is 60.1 Å². The smallest absolute Gasteiger partial charge is 0.307 e. The third-order valence-corrected chi connectivity index (χ3v) is 8.15. The highest BCUT2D eigenvalue weighted by atomic mass is 35.5. The Bertz CT molecular complexity index is 1660. The molecular weight excluding hydrogens is 584 g/mol. The van der Waals surface area contributed by atoms with E-state index in [-0.39, 0.29) is 36.1 Å². The number of nitrogens with zero attached hydrogens (tertiary/aromatic N) is 3. The van der Waals surface area contributed by atoms with Gasteiger partial charge in [0.2, 0.25) is 11.6 Å². The molecule has 0 saturated carbocycles. The van der Waals surface area contributed by atoms with Crippen LogP contribution in [0.25, 0.3) is 11.1 Å². The van der Waals surface area contributed by atoms with Crippen molar-refractivity contribution in [1.82, 2.24) is 15.1 Å². The first-order chi connectivity index (χ1) is 21.0. The van der Waals surface area contributed by atoms with Gasteiger partial charge in [-0.15, -0.1) is 0 Å². The maximum atomic E-state index is 13.6. The summed E-state index contributed by atoms with van der Waals surface area (Å²) in [6.07, 6.45) is 1.02. The number of aryl methyl sites for hydroxylation is 1. The number of methoxy groups -OCH3 is 1. The topological polar surface area (TPSA) is 123 Å². The normalized spacial score (nSPS) is 14.3. The van der Waals surface area contributed by atoms with Gasteiger partial charge in [-0.3, -0.25) is 29.6 Å². The minimum atomic E-state index is -1.82. The molecule has 0 amide bonds. The van der Waals surface area contributed by atoms with Gasteiger partial charge in [0.25, 0.3) is 0 Å². The van der Waals surface area contributed by atoms with Gasteiger partial charge < -0.3 is 9.47 Å². The number of esters is 1. The predicted octanol–water partition coefficient (Wildman–Crippen LogP) is 5.11. The number of rotatable bonds is 12. The standard InChI is InChI=1S/C33H33ClN4O6/c1-20(39)28(17-30(40)43-4)36-33(2,44-19-27-25-11-7-5-9-23(25)24-10-6-8-12-26(24)27)38(42)29-18-35-37(3)31(29)32(41)21-13-15-22(34)16-14-21/h5-16,18,27-28,36,42H,17,19H2,1-4H3/t28-,33?/m0/s1. The molecule has 3 aromatic carbocycles. The molecule has 2 N–H and O–H groups in total. The molecule has 2 atom stereocenters. The van der Waals surface area contributed by atoms with E-state index in [2.05, 4.69) is 22.5 Å². The average Bonchev–Trinajstić information content (AvgIpc) is 3.56. The molecule has 0 aliphatic heterocycles. The number of carbonyl (C=O) groups is 3. The first kappa shape index (κ1) is 31.1. The number of ketones is 2. The molecule has 1 heterocycles. The zero-order valence-electron chi connectivity index (χ0n) is 24.8. The van der Waals surface area contributed by atoms with Crippen molar-refractivity contribution >= 4 is 34.8 Å². The SMILES string of the molecule is COC(=O)C[C@H](NC(C)(OCC1c2ccccc2-c2ccccc21)N(O)c1cnn(C)c1C(=O)c1ccc(Cl)cc1)C(C)=O. The van der Waals surface area contributed by atoms with Crippen LogP contribution in [0.15, 0.2) is 79.0 Å². The van der Waals surface area contributed by atoms with E-state index < -0.39 is 23.6 Å². The molecule has 44 heavy (non-hydrogen) atoms. The van der Waals surface area contributed by atoms with Crippen LogP contribution in [-0.4, -0.2) is 58.1 Å². The predicted molar refractivity (Wildman–Crippen MR) is 165 cm³/mol. The van der Waals surface area contributed by atoms with Crippen molar-refractivity contribution in [1.29, 1.82) is 0 Å². The lowest BCUT2D eigenvalue weighted by Gasteiger charge is -2.40. The van der Waals surface area contributed by atoms with Gasteiger partial charge >= 0.3 is 5.97 Å². The average molecular weight is 617 g/mol. The van der Waals surface area contributed by atoms with E-state index in [4.69, 9.17) is 21.1 Å². The highest BCUT2D eigenvalue weighted by molar-refractivity contribution is 6.30. The molecule has 0 fully saturated rings. The number of anilines is 1. The Kier molecular flexibility index (Phi) is 8.98. The van der Waals surface area contributed by atoms with Crippen molar-refractivity contribution in [3.63, 3.8) is 0 Å². The number of hydrogen-bond donors (Lipinski definition) is 2. The first-order valence-electron chi connectivity index (χ1n) is 14.0. The van der Waals surface area contributed by atoms with E-state index in [9.17, 15) is 19.6 Å². The maximum absolute atomic E-state index is 13.6. The number of hydroxylamine groups is 1. The number of benzene rings is 3. The molecule has 1 aliphatic carbocycles. The van der Waals surface area contributed by atoms with Crippen LogP contribution in [0.5, 0.6) is 0 Å². The second-order valence-electron chi connectivity index (χ2n) is 10.8. The highest BCUT2D eigenvalue weighted by Crippen LogP contribution is 2.45. The summed E-state index contributed by atoms with van der Waals surface area (Å²) in [6, 6.07) is 21.3. The van der Waals surface area contributed by atoms with Crippen molar-refractivity contribution < 1.29 is 29.1 Å². The van der Waals surface area contributed by atoms with Crippen LogP contribution in [-0.2, 0) is 26.1 Å². The van der Waals surface area contributed by atoms with Gasteiger partial charge in [0, 0.05) is 30.5 Å². The van der Waals surface area contributed by atoms with Gasteiger partial charge in [-0.05, 0) is 53.4 Å². The molecule has 228 valence electrons. The fourth-order valence-electron chi connectivity index (χ4n) is 5.53. The Balaban J connectivity index is 1.53. The van der Waals surface area contributed by atoms with Crippen LogP contribution in [0.1, 0.15) is 53.4 Å². The Morgan fingerprint density at radius 1 is 1.05 bits per heavy atom. The molecular formula is C33H33ClN4O6. The molecule has 0 saturated heterocycles. The molecule has 1 unspecified atom stereocenters. The quantitative estimate of drug-likeness (QED) is 0.0967. The van der Waals surface area contributed by atoms with Crippen molar-refractivity contribution in [3.8, 4) is 11.1 Å². The van der Waals surface area contributed by atoms with Gasteiger partial charge in [0.1, 0.15) is 17.2 Å². The summed E-state index contributed by atoms with van der Waals surface area (Å²) >= 11 is 6.02. The number of Topliss-reactive ketones (excluding diaryl/α,β-unsaturated/α-hetero) is 1. The Morgan fingerprint density at radius 2 is 1.64 bits per heavy atom. The minimum absolute atomic E-state index is 0.0232. The number of fused-ring (bicyclic) bond motifs is 3. The summed E-state index contributed by atoms with van der Waals surface area (Å²) in [5.74, 6) is -3.44. The van der Waals surface area contributed by atoms with Gasteiger partial charge in [0.15, 0.2) is 0 Å². The fourth-order valence-corrected chi connectivity index (χ4v) is 5.66. The van der Waals surface area contributed by atoms with E-state index in [1.54, 1.807) is 31.3 Å². The number of aromatic nitrogens is 2. The van der Waals surface area contributed by atoms with E-state index in [0.29, 0.717) is 10.6 Å². The lowest BCUT2D eigenvalue weighted by molar-refractivity contribution is -0.147. The lowest BCUT2D eigenvalue weighted by Crippen LogP contribution is -2.63. The molecule has 11 heteroatoms. The van der Waals surface area contributed by atoms with Crippen molar-refractivity contribution in [2.75, 3.05) is 18.8 Å². The second kappa shape index (κ2) is 12.7. The summed E-state index contributed by atoms with van der Waals surface area (Å²) in [4.78, 5) is 38.6. The molecule has 0 bridgehead atoms. The summed E-state index contributed by atoms with van der Waals surface area (Å²) in [7, 11) is 2.81. The molecule has 10 nitrogen and oxygen atoms in total. The number of hydrogen-bond acceptors (Lipinski definition) is 9. The summed E-state index contributed by atoms with van der Waals surface area (Å²) in [5.41, 5.74) is 4.70. The van der Waals surface area contributed by atoms with Crippen LogP contribution in [0.4, 0.5) is 5.69 Å². The van der Waals surface area contributed by atoms with Crippen molar-refractivity contribution in [2.45, 2.75) is 38.1 Å². The monoisotopic (exact) mass is 616 g/mol. The summed E-state index contributed by atoms with van der Waals surface area (Å²) in [6.45, 7) is 2.93. The van der Waals surface area contributed by atoms with Gasteiger partial charge in [-0.25, -0.2) is 5.06 Å². The van der Waals surface area contributed by atoms with Crippen LogP contribution in [0.3, 0.4) is 0 Å². The molecule has 5 rings (SSSR count). The Hall–Kier alpha value is -4.35. The largest absolute Gasteiger partial charge is 0.469 e. The van der Waals surface area contributed by atoms with Gasteiger partial charge in [-0.2, -0.15) is 5.10 Å². The number of carbonyl (C=O) groups excluding carboxylic acids is 3. The van der Waals surface area contributed by atoms with Crippen molar-refractivity contribution in [3.05, 3.63) is 106 Å². The van der Waals surface area contributed by atoms with Gasteiger partial charge in [0.05, 0.1) is 32.4 Å². The molecule has 4 aromatic rings. The number of halogens is 1. The molecule has 1 aliphatic rings. The first-order valence-corrected chi connectivity index (χ1v) is 14.4. The van der Waals surface area contributed by atoms with Crippen molar-refractivity contribution in [2.24, 2.45) is 7.05 Å². The zero-order chi connectivity index (χ0) is 31.6.